The molecule has 0 saturated carbocycles. The highest BCUT2D eigenvalue weighted by Gasteiger charge is 2.63. The van der Waals surface area contributed by atoms with Crippen LogP contribution < -0.4 is 11.0 Å². The summed E-state index contributed by atoms with van der Waals surface area (Å²) in [6.45, 7) is 5.33. The van der Waals surface area contributed by atoms with E-state index in [1.165, 1.54) is 0 Å². The molecule has 3 atom stereocenters. The summed E-state index contributed by atoms with van der Waals surface area (Å²) < 4.78 is 61.7. The minimum atomic E-state index is -3.99. The van der Waals surface area contributed by atoms with Crippen LogP contribution in [0.15, 0.2) is 17.1 Å². The first kappa shape index (κ1) is 34.7. The predicted octanol–water partition coefficient (Wildman–Crippen LogP) is 5.57. The van der Waals surface area contributed by atoms with Gasteiger partial charge in [0.1, 0.15) is 18.5 Å². The van der Waals surface area contributed by atoms with Gasteiger partial charge >= 0.3 is 30.0 Å². The number of hydrogen-bond acceptors (Lipinski definition) is 11. The molecule has 15 heteroatoms. The maximum Gasteiger partial charge on any atom is 0.508 e. The Hall–Kier alpha value is -3.49. The summed E-state index contributed by atoms with van der Waals surface area (Å²) in [5.41, 5.74) is -1.19. The predicted molar refractivity (Wildman–Crippen MR) is 144 cm³/mol. The number of nitrogens with one attached hydrogen (secondary N) is 1. The summed E-state index contributed by atoms with van der Waals surface area (Å²) in [4.78, 5) is 52.4. The summed E-state index contributed by atoms with van der Waals surface area (Å²) in [6, 6.07) is 1.10. The number of alkyl halides is 2. The Labute approximate surface area is 243 Å². The van der Waals surface area contributed by atoms with Crippen LogP contribution in [0.25, 0.3) is 0 Å². The Morgan fingerprint density at radius 2 is 1.48 bits per heavy atom. The number of anilines is 1. The van der Waals surface area contributed by atoms with Crippen molar-refractivity contribution in [1.82, 2.24) is 9.55 Å². The SMILES string of the molecule is CCCCCOC(=O)Nc1ccn([C@@H]2O[C@H](COC(=O)OCCCCC)[C@@H](OC(=O)OCCCCC)C2(F)F)c(=O)n1. The van der Waals surface area contributed by atoms with Crippen molar-refractivity contribution in [3.63, 3.8) is 0 Å². The molecule has 1 fully saturated rings. The fourth-order valence-electron chi connectivity index (χ4n) is 3.91. The molecule has 1 aromatic heterocycles. The fraction of sp³-hybridized carbons (Fsp3) is 0.741. The molecule has 42 heavy (non-hydrogen) atoms. The molecule has 1 amide bonds. The number of halogens is 2. The smallest absolute Gasteiger partial charge is 0.449 e. The first-order valence-electron chi connectivity index (χ1n) is 14.3. The van der Waals surface area contributed by atoms with E-state index in [9.17, 15) is 19.2 Å². The molecule has 2 rings (SSSR count). The van der Waals surface area contributed by atoms with Crippen molar-refractivity contribution in [1.29, 1.82) is 0 Å². The molecule has 1 N–H and O–H groups in total. The van der Waals surface area contributed by atoms with Gasteiger partial charge in [0, 0.05) is 6.20 Å². The Kier molecular flexibility index (Phi) is 15.0. The molecule has 238 valence electrons. The van der Waals surface area contributed by atoms with Gasteiger partial charge in [-0.25, -0.2) is 19.2 Å². The zero-order valence-electron chi connectivity index (χ0n) is 24.3. The number of ether oxygens (including phenoxy) is 6. The van der Waals surface area contributed by atoms with Gasteiger partial charge in [-0.3, -0.25) is 9.88 Å². The first-order chi connectivity index (χ1) is 20.1. The van der Waals surface area contributed by atoms with Crippen molar-refractivity contribution in [3.8, 4) is 0 Å². The average Bonchev–Trinajstić information content (AvgIpc) is 3.19. The number of aromatic nitrogens is 2. The Bertz CT molecular complexity index is 1060. The lowest BCUT2D eigenvalue weighted by molar-refractivity contribution is -0.146. The second-order valence-corrected chi connectivity index (χ2v) is 9.63. The largest absolute Gasteiger partial charge is 0.508 e. The van der Waals surface area contributed by atoms with Crippen molar-refractivity contribution >= 4 is 24.2 Å². The van der Waals surface area contributed by atoms with Gasteiger partial charge in [-0.05, 0) is 25.3 Å². The van der Waals surface area contributed by atoms with Crippen molar-refractivity contribution < 1.29 is 51.6 Å². The second-order valence-electron chi connectivity index (χ2n) is 9.63. The van der Waals surface area contributed by atoms with Gasteiger partial charge in [0.2, 0.25) is 12.3 Å². The molecule has 0 bridgehead atoms. The maximum absolute atomic E-state index is 15.6. The van der Waals surface area contributed by atoms with Crippen LogP contribution in [-0.4, -0.2) is 72.5 Å². The molecule has 1 saturated heterocycles. The zero-order valence-corrected chi connectivity index (χ0v) is 24.3. The highest BCUT2D eigenvalue weighted by Crippen LogP contribution is 2.44. The van der Waals surface area contributed by atoms with Gasteiger partial charge in [-0.2, -0.15) is 13.8 Å². The molecule has 2 heterocycles. The standard InChI is InChI=1S/C27H41F2N3O10/c1-4-7-10-15-37-24(34)31-20-13-14-32(23(33)30-20)22-27(28,29)21(42-26(36)39-17-12-9-6-3)19(41-22)18-40-25(35)38-16-11-8-5-2/h13-14,19,21-22H,4-12,15-18H2,1-3H3,(H,30,31,33,34)/t19-,21-,22-/m1/s1. The van der Waals surface area contributed by atoms with E-state index < -0.39 is 55.1 Å². The van der Waals surface area contributed by atoms with E-state index in [4.69, 9.17) is 28.4 Å². The quantitative estimate of drug-likeness (QED) is 0.135. The Morgan fingerprint density at radius 1 is 0.905 bits per heavy atom. The van der Waals surface area contributed by atoms with Crippen molar-refractivity contribution in [2.24, 2.45) is 0 Å². The topological polar surface area (TPSA) is 154 Å². The second kappa shape index (κ2) is 18.1. The van der Waals surface area contributed by atoms with Gasteiger partial charge < -0.3 is 28.4 Å². The van der Waals surface area contributed by atoms with E-state index in [1.807, 2.05) is 20.8 Å². The molecule has 0 radical (unpaired) electrons. The number of hydrogen-bond donors (Lipinski definition) is 1. The first-order valence-corrected chi connectivity index (χ1v) is 14.3. The van der Waals surface area contributed by atoms with Crippen molar-refractivity contribution in [2.75, 3.05) is 31.7 Å². The van der Waals surface area contributed by atoms with Crippen LogP contribution in [0, 0.1) is 0 Å². The van der Waals surface area contributed by atoms with E-state index in [1.54, 1.807) is 0 Å². The number of unbranched alkanes of at least 4 members (excludes halogenated alkanes) is 6. The number of carbonyl (C=O) groups is 3. The number of amides is 1. The third-order valence-electron chi connectivity index (χ3n) is 6.17. The lowest BCUT2D eigenvalue weighted by Crippen LogP contribution is -2.45. The van der Waals surface area contributed by atoms with E-state index >= 15 is 8.78 Å². The number of rotatable bonds is 17. The van der Waals surface area contributed by atoms with Gasteiger partial charge in [0.05, 0.1) is 19.8 Å². The lowest BCUT2D eigenvalue weighted by atomic mass is 10.1. The molecule has 1 aliphatic rings. The number of nitrogens with zero attached hydrogens (tertiary/aromatic N) is 2. The van der Waals surface area contributed by atoms with Crippen molar-refractivity contribution in [2.45, 2.75) is 103 Å². The molecule has 1 aromatic rings. The van der Waals surface area contributed by atoms with Crippen LogP contribution >= 0.6 is 0 Å². The fourth-order valence-corrected chi connectivity index (χ4v) is 3.91. The molecule has 13 nitrogen and oxygen atoms in total. The summed E-state index contributed by atoms with van der Waals surface area (Å²) in [5.74, 6) is -4.22. The zero-order chi connectivity index (χ0) is 31.0. The van der Waals surface area contributed by atoms with Gasteiger partial charge in [0.15, 0.2) is 0 Å². The minimum Gasteiger partial charge on any atom is -0.449 e. The molecule has 0 spiro atoms. The van der Waals surface area contributed by atoms with Crippen molar-refractivity contribution in [3.05, 3.63) is 22.7 Å². The highest BCUT2D eigenvalue weighted by atomic mass is 19.3. The molecule has 1 aliphatic heterocycles. The van der Waals surface area contributed by atoms with E-state index in [2.05, 4.69) is 10.3 Å². The lowest BCUT2D eigenvalue weighted by Gasteiger charge is -2.24. The summed E-state index contributed by atoms with van der Waals surface area (Å²) in [6.07, 6.45) is -1.78. The molecule has 0 unspecified atom stereocenters. The van der Waals surface area contributed by atoms with Gasteiger partial charge in [0.25, 0.3) is 0 Å². The minimum absolute atomic E-state index is 0.0423. The Morgan fingerprint density at radius 3 is 2.05 bits per heavy atom. The van der Waals surface area contributed by atoms with E-state index in [-0.39, 0.29) is 25.6 Å². The third-order valence-corrected chi connectivity index (χ3v) is 6.17. The van der Waals surface area contributed by atoms with E-state index in [0.717, 1.165) is 50.8 Å². The highest BCUT2D eigenvalue weighted by molar-refractivity contribution is 5.83. The van der Waals surface area contributed by atoms with Crippen LogP contribution in [0.5, 0.6) is 0 Å². The van der Waals surface area contributed by atoms with Gasteiger partial charge in [-0.1, -0.05) is 59.3 Å². The van der Waals surface area contributed by atoms with Crippen LogP contribution in [0.1, 0.15) is 84.8 Å². The molecular weight excluding hydrogens is 564 g/mol. The summed E-state index contributed by atoms with van der Waals surface area (Å²) in [7, 11) is 0. The molecule has 0 aromatic carbocycles. The van der Waals surface area contributed by atoms with Gasteiger partial charge in [-0.15, -0.1) is 0 Å². The monoisotopic (exact) mass is 605 g/mol. The summed E-state index contributed by atoms with van der Waals surface area (Å²) in [5, 5.41) is 2.26. The Balaban J connectivity index is 2.14. The van der Waals surface area contributed by atoms with Crippen LogP contribution in [0.4, 0.5) is 29.0 Å². The van der Waals surface area contributed by atoms with Crippen LogP contribution in [0.3, 0.4) is 0 Å². The number of carbonyl (C=O) groups excluding carboxylic acids is 3. The van der Waals surface area contributed by atoms with Crippen LogP contribution in [0.2, 0.25) is 0 Å². The van der Waals surface area contributed by atoms with Crippen LogP contribution in [-0.2, 0) is 28.4 Å². The summed E-state index contributed by atoms with van der Waals surface area (Å²) >= 11 is 0. The van der Waals surface area contributed by atoms with E-state index in [0.29, 0.717) is 23.8 Å². The third kappa shape index (κ3) is 11.1. The normalized spacial score (nSPS) is 19.1. The average molecular weight is 606 g/mol. The molecule has 0 aliphatic carbocycles. The maximum atomic E-state index is 15.6. The molecular formula is C27H41F2N3O10.